The van der Waals surface area contributed by atoms with Crippen molar-refractivity contribution in [1.82, 2.24) is 15.1 Å². The maximum absolute atomic E-state index is 13.7. The Balaban J connectivity index is 2.17. The second-order valence-corrected chi connectivity index (χ2v) is 6.83. The molecule has 0 fully saturated rings. The third kappa shape index (κ3) is 4.53. The summed E-state index contributed by atoms with van der Waals surface area (Å²) in [7, 11) is 0. The lowest BCUT2D eigenvalue weighted by Crippen LogP contribution is -2.33. The number of aliphatic hydroxyl groups excluding tert-OH is 1. The third-order valence-corrected chi connectivity index (χ3v) is 4.43. The number of anilines is 1. The van der Waals surface area contributed by atoms with Crippen molar-refractivity contribution in [3.63, 3.8) is 0 Å². The van der Waals surface area contributed by atoms with E-state index >= 15 is 0 Å². The van der Waals surface area contributed by atoms with Gasteiger partial charge < -0.3 is 15.7 Å². The normalized spacial score (nSPS) is 12.3. The summed E-state index contributed by atoms with van der Waals surface area (Å²) in [5.41, 5.74) is 2.73. The Labute approximate surface area is 157 Å². The van der Waals surface area contributed by atoms with E-state index in [1.54, 1.807) is 6.07 Å². The largest absolute Gasteiger partial charge is 0.396 e. The molecule has 2 rings (SSSR count). The van der Waals surface area contributed by atoms with E-state index in [1.165, 1.54) is 12.1 Å². The highest BCUT2D eigenvalue weighted by Gasteiger charge is 2.19. The van der Waals surface area contributed by atoms with Gasteiger partial charge in [-0.3, -0.25) is 4.68 Å². The lowest BCUT2D eigenvalue weighted by atomic mass is 10.0. The fourth-order valence-corrected chi connectivity index (χ4v) is 2.95. The number of aliphatic hydroxyl groups is 1. The number of aromatic nitrogens is 2. The number of carbonyl (C=O) groups is 1. The zero-order valence-corrected chi connectivity index (χ0v) is 16.1. The van der Waals surface area contributed by atoms with Crippen molar-refractivity contribution >= 4 is 23.3 Å². The lowest BCUT2D eigenvalue weighted by Gasteiger charge is -2.19. The summed E-state index contributed by atoms with van der Waals surface area (Å²) in [4.78, 5) is 12.4. The van der Waals surface area contributed by atoms with Crippen LogP contribution in [0.15, 0.2) is 18.2 Å². The molecule has 0 spiro atoms. The number of hydrogen-bond acceptors (Lipinski definition) is 3. The second kappa shape index (κ2) is 8.51. The summed E-state index contributed by atoms with van der Waals surface area (Å²) in [6.07, 6.45) is 0.248. The van der Waals surface area contributed by atoms with Gasteiger partial charge in [0.25, 0.3) is 0 Å². The molecule has 2 amide bonds. The number of amides is 2. The molecule has 142 valence electrons. The van der Waals surface area contributed by atoms with E-state index in [2.05, 4.69) is 15.7 Å². The van der Waals surface area contributed by atoms with Crippen LogP contribution in [0.25, 0.3) is 0 Å². The molecule has 0 saturated heterocycles. The molecular formula is C18H24ClFN4O2. The standard InChI is InChI=1S/C18H24ClFN4O2/c1-10(2)24-12(4)17(11(3)23-24)22-18(26)21-16(7-8-25)13-5-6-14(19)15(20)9-13/h5-6,9-10,16,25H,7-8H2,1-4H3,(H2,21,22,26). The van der Waals surface area contributed by atoms with Crippen molar-refractivity contribution in [2.24, 2.45) is 0 Å². The zero-order valence-electron chi connectivity index (χ0n) is 15.3. The Morgan fingerprint density at radius 1 is 1.38 bits per heavy atom. The molecule has 1 unspecified atom stereocenters. The van der Waals surface area contributed by atoms with E-state index in [-0.39, 0.29) is 24.1 Å². The number of nitrogens with zero attached hydrogens (tertiary/aromatic N) is 2. The first-order chi connectivity index (χ1) is 12.2. The van der Waals surface area contributed by atoms with Crippen molar-refractivity contribution in [1.29, 1.82) is 0 Å². The van der Waals surface area contributed by atoms with E-state index < -0.39 is 17.9 Å². The van der Waals surface area contributed by atoms with Crippen LogP contribution in [0.5, 0.6) is 0 Å². The highest BCUT2D eigenvalue weighted by Crippen LogP contribution is 2.24. The Bertz CT molecular complexity index is 792. The Hall–Kier alpha value is -2.12. The highest BCUT2D eigenvalue weighted by atomic mass is 35.5. The number of nitrogens with one attached hydrogen (secondary N) is 2. The lowest BCUT2D eigenvalue weighted by molar-refractivity contribution is 0.239. The topological polar surface area (TPSA) is 79.2 Å². The summed E-state index contributed by atoms with van der Waals surface area (Å²) in [5.74, 6) is -0.570. The molecule has 0 radical (unpaired) electrons. The van der Waals surface area contributed by atoms with Crippen LogP contribution in [0.3, 0.4) is 0 Å². The monoisotopic (exact) mass is 382 g/mol. The summed E-state index contributed by atoms with van der Waals surface area (Å²) in [5, 5.41) is 19.3. The quantitative estimate of drug-likeness (QED) is 0.703. The molecule has 0 aliphatic carbocycles. The van der Waals surface area contributed by atoms with Crippen molar-refractivity contribution < 1.29 is 14.3 Å². The summed E-state index contributed by atoms with van der Waals surface area (Å²) in [6.45, 7) is 7.57. The minimum Gasteiger partial charge on any atom is -0.396 e. The van der Waals surface area contributed by atoms with E-state index in [4.69, 9.17) is 11.6 Å². The van der Waals surface area contributed by atoms with Gasteiger partial charge >= 0.3 is 6.03 Å². The fourth-order valence-electron chi connectivity index (χ4n) is 2.83. The molecule has 0 aliphatic heterocycles. The number of halogens is 2. The minimum absolute atomic E-state index is 0.00768. The number of benzene rings is 1. The van der Waals surface area contributed by atoms with Crippen LogP contribution in [-0.4, -0.2) is 27.5 Å². The maximum atomic E-state index is 13.7. The molecule has 6 nitrogen and oxygen atoms in total. The number of urea groups is 1. The van der Waals surface area contributed by atoms with E-state index in [0.717, 1.165) is 5.69 Å². The number of hydrogen-bond donors (Lipinski definition) is 3. The fraction of sp³-hybridized carbons (Fsp3) is 0.444. The molecule has 3 N–H and O–H groups in total. The van der Waals surface area contributed by atoms with Crippen molar-refractivity contribution in [2.45, 2.75) is 46.2 Å². The van der Waals surface area contributed by atoms with Gasteiger partial charge in [-0.25, -0.2) is 9.18 Å². The van der Waals surface area contributed by atoms with Gasteiger partial charge in [-0.05, 0) is 51.8 Å². The van der Waals surface area contributed by atoms with Gasteiger partial charge in [0.1, 0.15) is 5.82 Å². The smallest absolute Gasteiger partial charge is 0.319 e. The van der Waals surface area contributed by atoms with Crippen molar-refractivity contribution in [2.75, 3.05) is 11.9 Å². The molecule has 0 saturated carbocycles. The molecule has 0 bridgehead atoms. The molecule has 1 aromatic heterocycles. The van der Waals surface area contributed by atoms with E-state index in [1.807, 2.05) is 32.4 Å². The van der Waals surface area contributed by atoms with Gasteiger partial charge in [0.15, 0.2) is 0 Å². The number of aryl methyl sites for hydroxylation is 1. The molecule has 0 aliphatic rings. The van der Waals surface area contributed by atoms with Gasteiger partial charge in [-0.1, -0.05) is 17.7 Å². The average molecular weight is 383 g/mol. The first-order valence-corrected chi connectivity index (χ1v) is 8.81. The first kappa shape index (κ1) is 20.2. The van der Waals surface area contributed by atoms with Gasteiger partial charge in [0, 0.05) is 12.6 Å². The molecule has 2 aromatic rings. The van der Waals surface area contributed by atoms with Crippen LogP contribution < -0.4 is 10.6 Å². The third-order valence-electron chi connectivity index (χ3n) is 4.12. The van der Waals surface area contributed by atoms with Crippen LogP contribution in [0, 0.1) is 19.7 Å². The number of rotatable bonds is 6. The van der Waals surface area contributed by atoms with Crippen molar-refractivity contribution in [3.05, 3.63) is 46.0 Å². The molecule has 26 heavy (non-hydrogen) atoms. The van der Waals surface area contributed by atoms with Gasteiger partial charge in [-0.2, -0.15) is 5.10 Å². The second-order valence-electron chi connectivity index (χ2n) is 6.42. The van der Waals surface area contributed by atoms with Crippen LogP contribution >= 0.6 is 11.6 Å². The maximum Gasteiger partial charge on any atom is 0.319 e. The minimum atomic E-state index is -0.570. The number of carbonyl (C=O) groups excluding carboxylic acids is 1. The van der Waals surface area contributed by atoms with Gasteiger partial charge in [0.05, 0.1) is 28.1 Å². The first-order valence-electron chi connectivity index (χ1n) is 8.43. The molecule has 1 atom stereocenters. The SMILES string of the molecule is Cc1nn(C(C)C)c(C)c1NC(=O)NC(CCO)c1ccc(Cl)c(F)c1. The molecule has 8 heteroatoms. The summed E-state index contributed by atoms with van der Waals surface area (Å²) in [6, 6.07) is 3.49. The molecular weight excluding hydrogens is 359 g/mol. The Morgan fingerprint density at radius 2 is 2.08 bits per heavy atom. The summed E-state index contributed by atoms with van der Waals surface area (Å²) >= 11 is 5.70. The Kier molecular flexibility index (Phi) is 6.61. The van der Waals surface area contributed by atoms with Gasteiger partial charge in [0.2, 0.25) is 0 Å². The van der Waals surface area contributed by atoms with E-state index in [9.17, 15) is 14.3 Å². The van der Waals surface area contributed by atoms with Crippen LogP contribution in [0.4, 0.5) is 14.9 Å². The summed E-state index contributed by atoms with van der Waals surface area (Å²) < 4.78 is 15.6. The van der Waals surface area contributed by atoms with Crippen LogP contribution in [-0.2, 0) is 0 Å². The molecule has 1 aromatic carbocycles. The van der Waals surface area contributed by atoms with Crippen LogP contribution in [0.2, 0.25) is 5.02 Å². The highest BCUT2D eigenvalue weighted by molar-refractivity contribution is 6.30. The Morgan fingerprint density at radius 3 is 2.62 bits per heavy atom. The predicted molar refractivity (Wildman–Crippen MR) is 100 cm³/mol. The molecule has 1 heterocycles. The predicted octanol–water partition coefficient (Wildman–Crippen LogP) is 4.12. The van der Waals surface area contributed by atoms with Gasteiger partial charge in [-0.15, -0.1) is 0 Å². The van der Waals surface area contributed by atoms with Crippen LogP contribution in [0.1, 0.15) is 49.3 Å². The average Bonchev–Trinajstić information content (AvgIpc) is 2.85. The van der Waals surface area contributed by atoms with Crippen molar-refractivity contribution in [3.8, 4) is 0 Å². The zero-order chi connectivity index (χ0) is 19.4. The van der Waals surface area contributed by atoms with E-state index in [0.29, 0.717) is 16.9 Å².